The van der Waals surface area contributed by atoms with Gasteiger partial charge in [0.1, 0.15) is 11.1 Å². The molecule has 0 bridgehead atoms. The van der Waals surface area contributed by atoms with Gasteiger partial charge in [-0.15, -0.1) is 0 Å². The maximum absolute atomic E-state index is 9.12. The summed E-state index contributed by atoms with van der Waals surface area (Å²) < 4.78 is 2.14. The highest BCUT2D eigenvalue weighted by Crippen LogP contribution is 2.28. The molecule has 0 fully saturated rings. The monoisotopic (exact) mass is 245 g/mol. The lowest BCUT2D eigenvalue weighted by Gasteiger charge is -2.06. The fourth-order valence-electron chi connectivity index (χ4n) is 2.14. The van der Waals surface area contributed by atoms with Gasteiger partial charge in [0.15, 0.2) is 5.69 Å². The predicted molar refractivity (Wildman–Crippen MR) is 69.7 cm³/mol. The van der Waals surface area contributed by atoms with Crippen LogP contribution in [-0.4, -0.2) is 9.55 Å². The molecule has 2 rings (SSSR count). The van der Waals surface area contributed by atoms with Crippen molar-refractivity contribution in [3.8, 4) is 11.1 Å². The second kappa shape index (κ2) is 4.34. The predicted octanol–water partition coefficient (Wildman–Crippen LogP) is 3.29. The fraction of sp³-hybridized carbons (Fsp3) is 0.385. The molecule has 2 heterocycles. The fourth-order valence-corrected chi connectivity index (χ4v) is 3.12. The molecule has 0 saturated carbocycles. The first-order valence-electron chi connectivity index (χ1n) is 5.64. The largest absolute Gasteiger partial charge is 0.307 e. The van der Waals surface area contributed by atoms with Gasteiger partial charge in [-0.05, 0) is 38.8 Å². The first-order valence-corrected chi connectivity index (χ1v) is 6.45. The van der Waals surface area contributed by atoms with Crippen molar-refractivity contribution in [2.45, 2.75) is 34.1 Å². The van der Waals surface area contributed by atoms with Crippen LogP contribution in [0.5, 0.6) is 0 Å². The van der Waals surface area contributed by atoms with Crippen LogP contribution >= 0.6 is 11.3 Å². The Kier molecular flexibility index (Phi) is 3.03. The maximum atomic E-state index is 9.12. The summed E-state index contributed by atoms with van der Waals surface area (Å²) in [6, 6.07) is 4.36. The number of nitrogens with zero attached hydrogens (tertiary/aromatic N) is 3. The van der Waals surface area contributed by atoms with E-state index in [2.05, 4.69) is 42.5 Å². The van der Waals surface area contributed by atoms with E-state index >= 15 is 0 Å². The van der Waals surface area contributed by atoms with Crippen molar-refractivity contribution < 1.29 is 0 Å². The molecule has 0 aliphatic rings. The Hall–Kier alpha value is -1.60. The normalized spacial score (nSPS) is 10.5. The molecule has 0 atom stereocenters. The van der Waals surface area contributed by atoms with Crippen LogP contribution in [0.3, 0.4) is 0 Å². The van der Waals surface area contributed by atoms with Gasteiger partial charge in [0, 0.05) is 11.4 Å². The highest BCUT2D eigenvalue weighted by atomic mass is 32.1. The Labute approximate surface area is 105 Å². The number of thiazole rings is 1. The minimum absolute atomic E-state index is 0.525. The van der Waals surface area contributed by atoms with Crippen LogP contribution in [0.2, 0.25) is 0 Å². The molecule has 0 N–H and O–H groups in total. The van der Waals surface area contributed by atoms with E-state index < -0.39 is 0 Å². The highest BCUT2D eigenvalue weighted by Gasteiger charge is 2.16. The van der Waals surface area contributed by atoms with E-state index in [0.29, 0.717) is 5.69 Å². The first kappa shape index (κ1) is 11.9. The summed E-state index contributed by atoms with van der Waals surface area (Å²) in [5, 5.41) is 11.0. The smallest absolute Gasteiger partial charge is 0.176 e. The number of aromatic nitrogens is 2. The minimum atomic E-state index is 0.525. The minimum Gasteiger partial charge on any atom is -0.307 e. The van der Waals surface area contributed by atoms with Crippen LogP contribution in [0.4, 0.5) is 0 Å². The van der Waals surface area contributed by atoms with Gasteiger partial charge in [0.2, 0.25) is 0 Å². The van der Waals surface area contributed by atoms with E-state index in [1.54, 1.807) is 11.3 Å². The zero-order valence-electron chi connectivity index (χ0n) is 10.5. The Morgan fingerprint density at radius 3 is 2.65 bits per heavy atom. The molecule has 2 aromatic heterocycles. The van der Waals surface area contributed by atoms with E-state index in [-0.39, 0.29) is 0 Å². The molecule has 0 spiro atoms. The quantitative estimate of drug-likeness (QED) is 0.814. The molecule has 17 heavy (non-hydrogen) atoms. The summed E-state index contributed by atoms with van der Waals surface area (Å²) in [6.07, 6.45) is 1.01. The summed E-state index contributed by atoms with van der Waals surface area (Å²) in [6.45, 7) is 8.25. The van der Waals surface area contributed by atoms with Crippen molar-refractivity contribution in [1.29, 1.82) is 5.26 Å². The number of rotatable bonds is 2. The summed E-state index contributed by atoms with van der Waals surface area (Å²) in [5.41, 5.74) is 4.24. The highest BCUT2D eigenvalue weighted by molar-refractivity contribution is 7.14. The van der Waals surface area contributed by atoms with Gasteiger partial charge in [0.05, 0.1) is 5.01 Å². The van der Waals surface area contributed by atoms with Gasteiger partial charge in [-0.2, -0.15) is 5.26 Å². The van der Waals surface area contributed by atoms with Crippen molar-refractivity contribution in [3.05, 3.63) is 33.7 Å². The van der Waals surface area contributed by atoms with Crippen molar-refractivity contribution in [1.82, 2.24) is 9.55 Å². The van der Waals surface area contributed by atoms with Crippen molar-refractivity contribution in [2.75, 3.05) is 0 Å². The van der Waals surface area contributed by atoms with Gasteiger partial charge in [-0.25, -0.2) is 4.98 Å². The average Bonchev–Trinajstić information content (AvgIpc) is 2.79. The van der Waals surface area contributed by atoms with Crippen LogP contribution in [0.15, 0.2) is 6.07 Å². The second-order valence-electron chi connectivity index (χ2n) is 4.08. The summed E-state index contributed by atoms with van der Waals surface area (Å²) in [7, 11) is 0. The van der Waals surface area contributed by atoms with Gasteiger partial charge < -0.3 is 4.57 Å². The summed E-state index contributed by atoms with van der Waals surface area (Å²) in [4.78, 5) is 4.26. The lowest BCUT2D eigenvalue weighted by molar-refractivity contribution is 0.958. The lowest BCUT2D eigenvalue weighted by atomic mass is 10.2. The molecule has 0 aromatic carbocycles. The van der Waals surface area contributed by atoms with Crippen LogP contribution in [0.25, 0.3) is 5.00 Å². The van der Waals surface area contributed by atoms with Crippen molar-refractivity contribution in [2.24, 2.45) is 0 Å². The van der Waals surface area contributed by atoms with E-state index in [1.807, 2.05) is 6.92 Å². The molecule has 3 nitrogen and oxygen atoms in total. The van der Waals surface area contributed by atoms with E-state index in [0.717, 1.165) is 16.4 Å². The molecule has 0 amide bonds. The standard InChI is InChI=1S/C13H15N3S/c1-5-11-6-8(2)16(9(11)3)13-12(7-14)15-10(4)17-13/h6H,5H2,1-4H3. The molecular weight excluding hydrogens is 230 g/mol. The molecule has 0 aliphatic heterocycles. The van der Waals surface area contributed by atoms with E-state index in [4.69, 9.17) is 5.26 Å². The molecular formula is C13H15N3S. The Morgan fingerprint density at radius 2 is 2.12 bits per heavy atom. The second-order valence-corrected chi connectivity index (χ2v) is 5.27. The van der Waals surface area contributed by atoms with Crippen LogP contribution in [0.1, 0.15) is 34.6 Å². The molecule has 4 heteroatoms. The first-order chi connectivity index (χ1) is 8.08. The van der Waals surface area contributed by atoms with Gasteiger partial charge in [0.25, 0.3) is 0 Å². The Bertz CT molecular complexity index is 599. The molecule has 88 valence electrons. The zero-order chi connectivity index (χ0) is 12.6. The number of aryl methyl sites for hydroxylation is 3. The summed E-state index contributed by atoms with van der Waals surface area (Å²) in [5.74, 6) is 0. The van der Waals surface area contributed by atoms with E-state index in [1.165, 1.54) is 17.0 Å². The third kappa shape index (κ3) is 1.87. The van der Waals surface area contributed by atoms with Crippen LogP contribution in [0, 0.1) is 32.1 Å². The number of hydrogen-bond donors (Lipinski definition) is 0. The van der Waals surface area contributed by atoms with E-state index in [9.17, 15) is 0 Å². The maximum Gasteiger partial charge on any atom is 0.176 e. The molecule has 2 aromatic rings. The molecule has 0 radical (unpaired) electrons. The average molecular weight is 245 g/mol. The van der Waals surface area contributed by atoms with Crippen molar-refractivity contribution in [3.63, 3.8) is 0 Å². The Morgan fingerprint density at radius 1 is 1.41 bits per heavy atom. The number of hydrogen-bond acceptors (Lipinski definition) is 3. The molecule has 0 saturated heterocycles. The Balaban J connectivity index is 2.68. The SMILES string of the molecule is CCc1cc(C)n(-c2sc(C)nc2C#N)c1C. The molecule has 0 aliphatic carbocycles. The van der Waals surface area contributed by atoms with Gasteiger partial charge >= 0.3 is 0 Å². The lowest BCUT2D eigenvalue weighted by Crippen LogP contribution is -1.99. The zero-order valence-corrected chi connectivity index (χ0v) is 11.4. The molecule has 0 unspecified atom stereocenters. The number of nitriles is 1. The van der Waals surface area contributed by atoms with Gasteiger partial charge in [-0.1, -0.05) is 18.3 Å². The third-order valence-corrected chi connectivity index (χ3v) is 3.90. The third-order valence-electron chi connectivity index (χ3n) is 2.94. The topological polar surface area (TPSA) is 41.6 Å². The van der Waals surface area contributed by atoms with Crippen LogP contribution in [-0.2, 0) is 6.42 Å². The van der Waals surface area contributed by atoms with Crippen molar-refractivity contribution >= 4 is 11.3 Å². The summed E-state index contributed by atoms with van der Waals surface area (Å²) >= 11 is 1.57. The van der Waals surface area contributed by atoms with Gasteiger partial charge in [-0.3, -0.25) is 0 Å². The van der Waals surface area contributed by atoms with Crippen LogP contribution < -0.4 is 0 Å².